The van der Waals surface area contributed by atoms with Gasteiger partial charge < -0.3 is 9.47 Å². The lowest BCUT2D eigenvalue weighted by molar-refractivity contribution is -0.137. The normalized spacial score (nSPS) is 11.2. The Morgan fingerprint density at radius 1 is 1.26 bits per heavy atom. The number of rotatable bonds is 10. The van der Waals surface area contributed by atoms with Crippen LogP contribution in [0.3, 0.4) is 0 Å². The first-order chi connectivity index (χ1) is 11.1. The van der Waals surface area contributed by atoms with Gasteiger partial charge in [-0.1, -0.05) is 39.7 Å². The number of hydrogen-bond acceptors (Lipinski definition) is 3. The van der Waals surface area contributed by atoms with Gasteiger partial charge in [0.2, 0.25) is 0 Å². The fourth-order valence-corrected chi connectivity index (χ4v) is 2.26. The predicted molar refractivity (Wildman–Crippen MR) is 95.7 cm³/mol. The maximum atomic E-state index is 11.7. The zero-order valence-electron chi connectivity index (χ0n) is 14.9. The summed E-state index contributed by atoms with van der Waals surface area (Å²) in [5.74, 6) is 1.22. The van der Waals surface area contributed by atoms with Crippen LogP contribution < -0.4 is 4.74 Å². The summed E-state index contributed by atoms with van der Waals surface area (Å²) in [6.45, 7) is 7.05. The number of unbranched alkanes of at least 4 members (excludes halogenated alkanes) is 2. The van der Waals surface area contributed by atoms with Gasteiger partial charge in [0.1, 0.15) is 5.75 Å². The van der Waals surface area contributed by atoms with Gasteiger partial charge in [0.25, 0.3) is 0 Å². The van der Waals surface area contributed by atoms with E-state index in [1.807, 2.05) is 18.2 Å². The number of aryl methyl sites for hydroxylation is 1. The minimum Gasteiger partial charge on any atom is -0.497 e. The van der Waals surface area contributed by atoms with Gasteiger partial charge in [-0.25, -0.2) is 4.79 Å². The number of carbonyl (C=O) groups is 1. The zero-order valence-corrected chi connectivity index (χ0v) is 14.9. The molecule has 0 N–H and O–H groups in total. The van der Waals surface area contributed by atoms with Crippen LogP contribution in [0.2, 0.25) is 0 Å². The van der Waals surface area contributed by atoms with Crippen molar-refractivity contribution in [2.75, 3.05) is 13.7 Å². The molecule has 0 aliphatic rings. The van der Waals surface area contributed by atoms with E-state index in [4.69, 9.17) is 9.47 Å². The summed E-state index contributed by atoms with van der Waals surface area (Å²) in [5.41, 5.74) is 2.25. The highest BCUT2D eigenvalue weighted by molar-refractivity contribution is 5.87. The molecule has 3 nitrogen and oxygen atoms in total. The second-order valence-electron chi connectivity index (χ2n) is 6.21. The molecule has 0 fully saturated rings. The Morgan fingerprint density at radius 3 is 2.70 bits per heavy atom. The fraction of sp³-hybridized carbons (Fsp3) is 0.550. The smallest absolute Gasteiger partial charge is 0.330 e. The van der Waals surface area contributed by atoms with Crippen molar-refractivity contribution < 1.29 is 14.3 Å². The van der Waals surface area contributed by atoms with Gasteiger partial charge in [-0.15, -0.1) is 0 Å². The molecule has 1 aromatic rings. The van der Waals surface area contributed by atoms with E-state index < -0.39 is 0 Å². The molecule has 23 heavy (non-hydrogen) atoms. The number of ether oxygens (including phenoxy) is 2. The summed E-state index contributed by atoms with van der Waals surface area (Å²) in [4.78, 5) is 11.7. The van der Waals surface area contributed by atoms with Crippen molar-refractivity contribution in [3.05, 3.63) is 35.4 Å². The number of methoxy groups -OCH3 is 1. The summed E-state index contributed by atoms with van der Waals surface area (Å²) in [7, 11) is 1.67. The van der Waals surface area contributed by atoms with Gasteiger partial charge >= 0.3 is 5.97 Å². The Morgan fingerprint density at radius 2 is 2.04 bits per heavy atom. The van der Waals surface area contributed by atoms with E-state index in [0.717, 1.165) is 43.4 Å². The van der Waals surface area contributed by atoms with Gasteiger partial charge in [0.05, 0.1) is 13.7 Å². The molecule has 0 aliphatic heterocycles. The molecule has 0 atom stereocenters. The van der Waals surface area contributed by atoms with Crippen LogP contribution in [0, 0.1) is 5.92 Å². The first kappa shape index (κ1) is 19.3. The molecular formula is C20H30O3. The van der Waals surface area contributed by atoms with E-state index in [1.165, 1.54) is 11.6 Å². The zero-order chi connectivity index (χ0) is 17.1. The maximum absolute atomic E-state index is 11.7. The molecule has 0 aromatic heterocycles. The first-order valence-corrected chi connectivity index (χ1v) is 8.58. The van der Waals surface area contributed by atoms with E-state index in [1.54, 1.807) is 7.11 Å². The van der Waals surface area contributed by atoms with Crippen molar-refractivity contribution in [1.29, 1.82) is 0 Å². The van der Waals surface area contributed by atoms with E-state index in [2.05, 4.69) is 26.8 Å². The topological polar surface area (TPSA) is 35.5 Å². The molecule has 128 valence electrons. The summed E-state index contributed by atoms with van der Waals surface area (Å²) >= 11 is 0. The van der Waals surface area contributed by atoms with Crippen molar-refractivity contribution in [2.45, 2.75) is 52.9 Å². The lowest BCUT2D eigenvalue weighted by Gasteiger charge is -2.10. The van der Waals surface area contributed by atoms with Crippen molar-refractivity contribution >= 4 is 12.0 Å². The second kappa shape index (κ2) is 10.9. The molecule has 0 saturated heterocycles. The average molecular weight is 318 g/mol. The Bertz CT molecular complexity index is 504. The van der Waals surface area contributed by atoms with Crippen molar-refractivity contribution in [3.8, 4) is 5.75 Å². The number of carbonyl (C=O) groups excluding carboxylic acids is 1. The van der Waals surface area contributed by atoms with Crippen LogP contribution in [0.15, 0.2) is 24.3 Å². The Balaban J connectivity index is 2.69. The van der Waals surface area contributed by atoms with Crippen LogP contribution in [0.1, 0.15) is 57.6 Å². The highest BCUT2D eigenvalue weighted by atomic mass is 16.5. The molecule has 0 aliphatic carbocycles. The van der Waals surface area contributed by atoms with Crippen LogP contribution in [0.25, 0.3) is 6.08 Å². The molecular weight excluding hydrogens is 288 g/mol. The molecule has 1 aromatic carbocycles. The molecule has 0 saturated carbocycles. The van der Waals surface area contributed by atoms with Crippen LogP contribution in [0.4, 0.5) is 0 Å². The third-order valence-electron chi connectivity index (χ3n) is 3.73. The van der Waals surface area contributed by atoms with Gasteiger partial charge in [-0.05, 0) is 54.5 Å². The largest absolute Gasteiger partial charge is 0.497 e. The molecule has 0 heterocycles. The fourth-order valence-electron chi connectivity index (χ4n) is 2.26. The SMILES string of the molecule is CCCCCOC(=O)/C=C/c1ccc(OC)cc1CCC(C)C. The molecule has 0 amide bonds. The van der Waals surface area contributed by atoms with Gasteiger partial charge in [-0.3, -0.25) is 0 Å². The lowest BCUT2D eigenvalue weighted by atomic mass is 9.98. The summed E-state index contributed by atoms with van der Waals surface area (Å²) in [5, 5.41) is 0. The Kier molecular flexibility index (Phi) is 9.11. The number of esters is 1. The molecule has 0 unspecified atom stereocenters. The Labute approximate surface area is 140 Å². The highest BCUT2D eigenvalue weighted by Gasteiger charge is 2.05. The third-order valence-corrected chi connectivity index (χ3v) is 3.73. The van der Waals surface area contributed by atoms with Gasteiger partial charge in [0, 0.05) is 6.08 Å². The van der Waals surface area contributed by atoms with Crippen molar-refractivity contribution in [2.24, 2.45) is 5.92 Å². The standard InChI is InChI=1S/C20H30O3/c1-5-6-7-14-23-20(21)13-11-17-10-12-19(22-4)15-18(17)9-8-16(2)3/h10-13,15-16H,5-9,14H2,1-4H3/b13-11+. The van der Waals surface area contributed by atoms with Gasteiger partial charge in [-0.2, -0.15) is 0 Å². The van der Waals surface area contributed by atoms with E-state index >= 15 is 0 Å². The quantitative estimate of drug-likeness (QED) is 0.345. The molecule has 3 heteroatoms. The molecule has 0 bridgehead atoms. The molecule has 0 spiro atoms. The van der Waals surface area contributed by atoms with Crippen LogP contribution in [0.5, 0.6) is 5.75 Å². The monoisotopic (exact) mass is 318 g/mol. The van der Waals surface area contributed by atoms with Crippen LogP contribution in [-0.2, 0) is 16.0 Å². The first-order valence-electron chi connectivity index (χ1n) is 8.58. The lowest BCUT2D eigenvalue weighted by Crippen LogP contribution is -2.02. The Hall–Kier alpha value is -1.77. The predicted octanol–water partition coefficient (Wildman–Crippen LogP) is 5.03. The summed E-state index contributed by atoms with van der Waals surface area (Å²) < 4.78 is 10.5. The average Bonchev–Trinajstić information content (AvgIpc) is 2.55. The molecule has 1 rings (SSSR count). The van der Waals surface area contributed by atoms with Crippen molar-refractivity contribution in [3.63, 3.8) is 0 Å². The third kappa shape index (κ3) is 7.87. The number of hydrogen-bond donors (Lipinski definition) is 0. The number of benzene rings is 1. The van der Waals surface area contributed by atoms with Crippen molar-refractivity contribution in [1.82, 2.24) is 0 Å². The molecule has 0 radical (unpaired) electrons. The maximum Gasteiger partial charge on any atom is 0.330 e. The summed E-state index contributed by atoms with van der Waals surface area (Å²) in [6, 6.07) is 5.97. The van der Waals surface area contributed by atoms with Crippen LogP contribution in [-0.4, -0.2) is 19.7 Å². The highest BCUT2D eigenvalue weighted by Crippen LogP contribution is 2.21. The second-order valence-corrected chi connectivity index (χ2v) is 6.21. The van der Waals surface area contributed by atoms with E-state index in [9.17, 15) is 4.79 Å². The van der Waals surface area contributed by atoms with Crippen LogP contribution >= 0.6 is 0 Å². The van der Waals surface area contributed by atoms with Gasteiger partial charge in [0.15, 0.2) is 0 Å². The van der Waals surface area contributed by atoms with E-state index in [-0.39, 0.29) is 5.97 Å². The minimum absolute atomic E-state index is 0.272. The van der Waals surface area contributed by atoms with E-state index in [0.29, 0.717) is 12.5 Å². The summed E-state index contributed by atoms with van der Waals surface area (Å²) in [6.07, 6.45) is 8.59. The minimum atomic E-state index is -0.272.